The first kappa shape index (κ1) is 17.8. The van der Waals surface area contributed by atoms with Crippen molar-refractivity contribution in [3.05, 3.63) is 46.8 Å². The molecule has 1 aliphatic heterocycles. The number of hydrogen-bond acceptors (Lipinski definition) is 4. The van der Waals surface area contributed by atoms with Crippen LogP contribution in [-0.2, 0) is 13.0 Å². The van der Waals surface area contributed by atoms with E-state index in [4.69, 9.17) is 4.74 Å². The lowest BCUT2D eigenvalue weighted by molar-refractivity contribution is -0.154. The third-order valence-corrected chi connectivity index (χ3v) is 5.01. The van der Waals surface area contributed by atoms with Crippen molar-refractivity contribution in [3.63, 3.8) is 0 Å². The maximum Gasteiger partial charge on any atom is 0.395 e. The number of amides is 1. The van der Waals surface area contributed by atoms with E-state index in [0.717, 1.165) is 5.56 Å². The molecular formula is C18H19F3N4O2. The summed E-state index contributed by atoms with van der Waals surface area (Å²) in [7, 11) is 0. The van der Waals surface area contributed by atoms with Crippen LogP contribution in [0, 0.1) is 0 Å². The molecule has 2 aliphatic rings. The Balaban J connectivity index is 1.51. The van der Waals surface area contributed by atoms with E-state index in [-0.39, 0.29) is 12.0 Å². The Morgan fingerprint density at radius 1 is 1.33 bits per heavy atom. The minimum atomic E-state index is -4.38. The van der Waals surface area contributed by atoms with Crippen LogP contribution in [0.2, 0.25) is 0 Å². The van der Waals surface area contributed by atoms with Gasteiger partial charge in [-0.2, -0.15) is 18.3 Å². The molecule has 6 nitrogen and oxygen atoms in total. The highest BCUT2D eigenvalue weighted by Crippen LogP contribution is 2.42. The van der Waals surface area contributed by atoms with Crippen LogP contribution in [-0.4, -0.2) is 41.5 Å². The Bertz CT molecular complexity index is 849. The first-order valence-corrected chi connectivity index (χ1v) is 8.78. The van der Waals surface area contributed by atoms with Crippen molar-refractivity contribution in [2.75, 3.05) is 13.2 Å². The summed E-state index contributed by atoms with van der Waals surface area (Å²) in [6.45, 7) is 1.86. The van der Waals surface area contributed by atoms with Crippen LogP contribution in [0.1, 0.15) is 39.5 Å². The van der Waals surface area contributed by atoms with Crippen LogP contribution in [0.4, 0.5) is 13.2 Å². The minimum absolute atomic E-state index is 0.166. The van der Waals surface area contributed by atoms with Gasteiger partial charge in [0.15, 0.2) is 0 Å². The monoisotopic (exact) mass is 380 g/mol. The average molecular weight is 380 g/mol. The second kappa shape index (κ2) is 6.88. The number of nitrogens with zero attached hydrogens (tertiary/aromatic N) is 1. The van der Waals surface area contributed by atoms with Gasteiger partial charge in [0.2, 0.25) is 0 Å². The highest BCUT2D eigenvalue weighted by atomic mass is 19.4. The van der Waals surface area contributed by atoms with E-state index in [9.17, 15) is 18.0 Å². The zero-order valence-electron chi connectivity index (χ0n) is 14.4. The van der Waals surface area contributed by atoms with Gasteiger partial charge < -0.3 is 15.4 Å². The van der Waals surface area contributed by atoms with Crippen LogP contribution in [0.5, 0.6) is 5.75 Å². The lowest BCUT2D eigenvalue weighted by atomic mass is 9.83. The molecule has 9 heteroatoms. The predicted octanol–water partition coefficient (Wildman–Crippen LogP) is 2.28. The van der Waals surface area contributed by atoms with Crippen LogP contribution < -0.4 is 15.4 Å². The van der Waals surface area contributed by atoms with E-state index in [1.807, 2.05) is 0 Å². The van der Waals surface area contributed by atoms with Crippen molar-refractivity contribution in [2.24, 2.45) is 0 Å². The lowest BCUT2D eigenvalue weighted by Gasteiger charge is -2.30. The molecule has 0 saturated carbocycles. The van der Waals surface area contributed by atoms with Crippen molar-refractivity contribution in [1.82, 2.24) is 20.8 Å². The van der Waals surface area contributed by atoms with Gasteiger partial charge in [0.1, 0.15) is 12.4 Å². The van der Waals surface area contributed by atoms with E-state index >= 15 is 0 Å². The molecule has 0 fully saturated rings. The molecule has 1 aromatic carbocycles. The van der Waals surface area contributed by atoms with Gasteiger partial charge in [-0.15, -0.1) is 0 Å². The number of rotatable bonds is 2. The molecule has 1 aromatic heterocycles. The molecule has 2 heterocycles. The molecule has 2 unspecified atom stereocenters. The average Bonchev–Trinajstić information content (AvgIpc) is 2.96. The molecule has 4 rings (SSSR count). The second-order valence-electron chi connectivity index (χ2n) is 6.86. The van der Waals surface area contributed by atoms with Gasteiger partial charge in [-0.1, -0.05) is 6.07 Å². The number of nitrogens with one attached hydrogen (secondary N) is 3. The van der Waals surface area contributed by atoms with Crippen molar-refractivity contribution < 1.29 is 22.7 Å². The minimum Gasteiger partial charge on any atom is -0.492 e. The fourth-order valence-corrected chi connectivity index (χ4v) is 3.65. The first-order chi connectivity index (χ1) is 12.9. The molecule has 0 spiro atoms. The maximum absolute atomic E-state index is 13.4. The first-order valence-electron chi connectivity index (χ1n) is 8.78. The summed E-state index contributed by atoms with van der Waals surface area (Å²) in [6.07, 6.45) is -3.07. The highest BCUT2D eigenvalue weighted by Gasteiger charge is 2.46. The molecule has 0 radical (unpaired) electrons. The Hall–Kier alpha value is -2.55. The van der Waals surface area contributed by atoms with Gasteiger partial charge in [-0.25, -0.2) is 0 Å². The molecule has 1 aliphatic carbocycles. The number of hydrogen-bond donors (Lipinski definition) is 3. The SMILES string of the molecule is O=C(NC1Cc2[nH]ncc2C(C(F)(F)F)C1)c1ccc2c(c1)OCCNC2. The fourth-order valence-electron chi connectivity index (χ4n) is 3.65. The quantitative estimate of drug-likeness (QED) is 0.747. The molecule has 144 valence electrons. The summed E-state index contributed by atoms with van der Waals surface area (Å²) >= 11 is 0. The fraction of sp³-hybridized carbons (Fsp3) is 0.444. The number of H-pyrrole nitrogens is 1. The van der Waals surface area contributed by atoms with Crippen molar-refractivity contribution in [1.29, 1.82) is 0 Å². The van der Waals surface area contributed by atoms with E-state index < -0.39 is 24.0 Å². The van der Waals surface area contributed by atoms with Crippen molar-refractivity contribution in [3.8, 4) is 5.75 Å². The zero-order valence-corrected chi connectivity index (χ0v) is 14.4. The number of aromatic amines is 1. The Morgan fingerprint density at radius 3 is 3.00 bits per heavy atom. The molecular weight excluding hydrogens is 361 g/mol. The summed E-state index contributed by atoms with van der Waals surface area (Å²) in [5.74, 6) is -1.42. The highest BCUT2D eigenvalue weighted by molar-refractivity contribution is 5.95. The summed E-state index contributed by atoms with van der Waals surface area (Å²) < 4.78 is 45.8. The number of alkyl halides is 3. The second-order valence-corrected chi connectivity index (χ2v) is 6.86. The van der Waals surface area contributed by atoms with E-state index in [1.165, 1.54) is 6.20 Å². The van der Waals surface area contributed by atoms with Crippen LogP contribution in [0.25, 0.3) is 0 Å². The number of carbonyl (C=O) groups excluding carboxylic acids is 1. The molecule has 27 heavy (non-hydrogen) atoms. The number of aromatic nitrogens is 2. The van der Waals surface area contributed by atoms with E-state index in [0.29, 0.717) is 43.1 Å². The number of carbonyl (C=O) groups is 1. The van der Waals surface area contributed by atoms with Crippen LogP contribution in [0.3, 0.4) is 0 Å². The van der Waals surface area contributed by atoms with Crippen LogP contribution >= 0.6 is 0 Å². The largest absolute Gasteiger partial charge is 0.492 e. The number of ether oxygens (including phenoxy) is 1. The normalized spacial score (nSPS) is 22.2. The number of halogens is 3. The van der Waals surface area contributed by atoms with E-state index in [2.05, 4.69) is 20.8 Å². The van der Waals surface area contributed by atoms with Gasteiger partial charge in [0.25, 0.3) is 5.91 Å². The summed E-state index contributed by atoms with van der Waals surface area (Å²) in [5, 5.41) is 12.3. The van der Waals surface area contributed by atoms with Crippen LogP contribution in [0.15, 0.2) is 24.4 Å². The van der Waals surface area contributed by atoms with Gasteiger partial charge in [0.05, 0.1) is 12.1 Å². The molecule has 1 amide bonds. The Kier molecular flexibility index (Phi) is 4.55. The van der Waals surface area contributed by atoms with Gasteiger partial charge in [-0.3, -0.25) is 9.89 Å². The zero-order chi connectivity index (χ0) is 19.0. The van der Waals surface area contributed by atoms with Gasteiger partial charge in [0, 0.05) is 47.9 Å². The number of fused-ring (bicyclic) bond motifs is 2. The van der Waals surface area contributed by atoms with Crippen molar-refractivity contribution in [2.45, 2.75) is 37.5 Å². The topological polar surface area (TPSA) is 79.0 Å². The summed E-state index contributed by atoms with van der Waals surface area (Å²) in [5.41, 5.74) is 1.90. The third-order valence-electron chi connectivity index (χ3n) is 5.01. The Labute approximate surface area is 153 Å². The third kappa shape index (κ3) is 3.64. The molecule has 0 saturated heterocycles. The predicted molar refractivity (Wildman–Crippen MR) is 90.6 cm³/mol. The smallest absolute Gasteiger partial charge is 0.395 e. The van der Waals surface area contributed by atoms with E-state index in [1.54, 1.807) is 18.2 Å². The molecule has 2 aromatic rings. The standard InChI is InChI=1S/C18H19F3N4O2/c19-18(20,21)14-6-12(7-15-13(14)9-23-25-15)24-17(26)10-1-2-11-8-22-3-4-27-16(11)5-10/h1-2,5,9,12,14,22H,3-4,6-8H2,(H,23,25)(H,24,26). The molecule has 3 N–H and O–H groups in total. The molecule has 2 atom stereocenters. The Morgan fingerprint density at radius 2 is 2.19 bits per heavy atom. The summed E-state index contributed by atoms with van der Waals surface area (Å²) in [4.78, 5) is 12.6. The number of benzene rings is 1. The van der Waals surface area contributed by atoms with Crippen molar-refractivity contribution >= 4 is 5.91 Å². The summed E-state index contributed by atoms with van der Waals surface area (Å²) in [6, 6.07) is 4.48. The lowest BCUT2D eigenvalue weighted by Crippen LogP contribution is -2.42. The van der Waals surface area contributed by atoms with Gasteiger partial charge >= 0.3 is 6.18 Å². The molecule has 0 bridgehead atoms. The maximum atomic E-state index is 13.4. The van der Waals surface area contributed by atoms with Gasteiger partial charge in [-0.05, 0) is 18.6 Å².